The monoisotopic (exact) mass is 296 g/mol. The van der Waals surface area contributed by atoms with Crippen molar-refractivity contribution in [1.29, 1.82) is 0 Å². The molecular formula is C14H17ClN2O3. The molecule has 1 aromatic carbocycles. The Balaban J connectivity index is 1.82. The number of carbonyl (C=O) groups excluding carboxylic acids is 1. The summed E-state index contributed by atoms with van der Waals surface area (Å²) in [6.45, 7) is 1.33. The molecule has 0 aliphatic carbocycles. The quantitative estimate of drug-likeness (QED) is 0.899. The zero-order valence-electron chi connectivity index (χ0n) is 11.0. The summed E-state index contributed by atoms with van der Waals surface area (Å²) in [7, 11) is 0. The molecule has 0 saturated carbocycles. The Bertz CT molecular complexity index is 499. The SMILES string of the molecule is O=C(O)C1CCN(C(=O)NCc2ccccc2Cl)CC1. The third-order valence-electron chi connectivity index (χ3n) is 3.52. The van der Waals surface area contributed by atoms with Gasteiger partial charge in [0.15, 0.2) is 0 Å². The standard InChI is InChI=1S/C14H17ClN2O3/c15-12-4-2-1-3-11(12)9-16-14(20)17-7-5-10(6-8-17)13(18)19/h1-4,10H,5-9H2,(H,16,20)(H,18,19). The Hall–Kier alpha value is -1.75. The molecule has 1 heterocycles. The molecule has 108 valence electrons. The number of carboxylic acid groups (broad SMARTS) is 1. The Kier molecular flexibility index (Phi) is 4.84. The lowest BCUT2D eigenvalue weighted by Crippen LogP contribution is -2.45. The van der Waals surface area contributed by atoms with Crippen molar-refractivity contribution < 1.29 is 14.7 Å². The van der Waals surface area contributed by atoms with Crippen LogP contribution >= 0.6 is 11.6 Å². The third-order valence-corrected chi connectivity index (χ3v) is 3.89. The highest BCUT2D eigenvalue weighted by molar-refractivity contribution is 6.31. The maximum atomic E-state index is 12.0. The van der Waals surface area contributed by atoms with Crippen LogP contribution in [0.2, 0.25) is 5.02 Å². The lowest BCUT2D eigenvalue weighted by Gasteiger charge is -2.30. The second-order valence-electron chi connectivity index (χ2n) is 4.85. The number of hydrogen-bond acceptors (Lipinski definition) is 2. The average molecular weight is 297 g/mol. The van der Waals surface area contributed by atoms with Gasteiger partial charge in [0.25, 0.3) is 0 Å². The number of urea groups is 1. The van der Waals surface area contributed by atoms with Crippen molar-refractivity contribution in [2.75, 3.05) is 13.1 Å². The number of likely N-dealkylation sites (tertiary alicyclic amines) is 1. The van der Waals surface area contributed by atoms with Gasteiger partial charge in [-0.25, -0.2) is 4.79 Å². The van der Waals surface area contributed by atoms with E-state index >= 15 is 0 Å². The smallest absolute Gasteiger partial charge is 0.317 e. The number of piperidine rings is 1. The second-order valence-corrected chi connectivity index (χ2v) is 5.26. The Morgan fingerprint density at radius 3 is 2.55 bits per heavy atom. The van der Waals surface area contributed by atoms with Gasteiger partial charge in [0.05, 0.1) is 5.92 Å². The van der Waals surface area contributed by atoms with E-state index in [0.717, 1.165) is 5.56 Å². The van der Waals surface area contributed by atoms with Crippen LogP contribution in [0.5, 0.6) is 0 Å². The van der Waals surface area contributed by atoms with Gasteiger partial charge in [-0.05, 0) is 24.5 Å². The van der Waals surface area contributed by atoms with E-state index in [9.17, 15) is 9.59 Å². The van der Waals surface area contributed by atoms with Crippen LogP contribution in [0.15, 0.2) is 24.3 Å². The summed E-state index contributed by atoms with van der Waals surface area (Å²) in [6.07, 6.45) is 1.02. The van der Waals surface area contributed by atoms with Crippen molar-refractivity contribution in [3.8, 4) is 0 Å². The number of carboxylic acids is 1. The molecule has 6 heteroatoms. The van der Waals surface area contributed by atoms with E-state index < -0.39 is 5.97 Å². The van der Waals surface area contributed by atoms with Gasteiger partial charge in [0.2, 0.25) is 0 Å². The number of amides is 2. The first-order valence-corrected chi connectivity index (χ1v) is 6.94. The van der Waals surface area contributed by atoms with E-state index in [1.54, 1.807) is 11.0 Å². The lowest BCUT2D eigenvalue weighted by atomic mass is 9.97. The molecule has 5 nitrogen and oxygen atoms in total. The minimum Gasteiger partial charge on any atom is -0.481 e. The van der Waals surface area contributed by atoms with Crippen LogP contribution in [0.25, 0.3) is 0 Å². The van der Waals surface area contributed by atoms with Crippen LogP contribution in [-0.4, -0.2) is 35.1 Å². The van der Waals surface area contributed by atoms with Gasteiger partial charge in [-0.3, -0.25) is 4.79 Å². The summed E-state index contributed by atoms with van der Waals surface area (Å²) in [5.74, 6) is -1.11. The van der Waals surface area contributed by atoms with E-state index in [0.29, 0.717) is 37.5 Å². The fourth-order valence-electron chi connectivity index (χ4n) is 2.25. The first-order valence-electron chi connectivity index (χ1n) is 6.57. The van der Waals surface area contributed by atoms with Crippen LogP contribution in [-0.2, 0) is 11.3 Å². The Morgan fingerprint density at radius 1 is 1.30 bits per heavy atom. The van der Waals surface area contributed by atoms with E-state index in [1.807, 2.05) is 18.2 Å². The number of carbonyl (C=O) groups is 2. The summed E-state index contributed by atoms with van der Waals surface area (Å²) >= 11 is 6.02. The zero-order valence-corrected chi connectivity index (χ0v) is 11.8. The predicted molar refractivity (Wildman–Crippen MR) is 75.6 cm³/mol. The second kappa shape index (κ2) is 6.61. The first-order chi connectivity index (χ1) is 9.58. The zero-order chi connectivity index (χ0) is 14.5. The van der Waals surface area contributed by atoms with Crippen molar-refractivity contribution in [3.05, 3.63) is 34.9 Å². The molecule has 1 saturated heterocycles. The normalized spacial score (nSPS) is 15.9. The number of hydrogen-bond donors (Lipinski definition) is 2. The highest BCUT2D eigenvalue weighted by Crippen LogP contribution is 2.18. The van der Waals surface area contributed by atoms with Gasteiger partial charge in [-0.2, -0.15) is 0 Å². The molecule has 2 amide bonds. The van der Waals surface area contributed by atoms with Crippen LogP contribution in [0, 0.1) is 5.92 Å². The van der Waals surface area contributed by atoms with Gasteiger partial charge < -0.3 is 15.3 Å². The van der Waals surface area contributed by atoms with Crippen molar-refractivity contribution in [3.63, 3.8) is 0 Å². The summed E-state index contributed by atoms with van der Waals surface area (Å²) < 4.78 is 0. The maximum absolute atomic E-state index is 12.0. The van der Waals surface area contributed by atoms with E-state index in [2.05, 4.69) is 5.32 Å². The topological polar surface area (TPSA) is 69.6 Å². The van der Waals surface area contributed by atoms with Crippen molar-refractivity contribution in [2.24, 2.45) is 5.92 Å². The highest BCUT2D eigenvalue weighted by atomic mass is 35.5. The number of nitrogens with one attached hydrogen (secondary N) is 1. The van der Waals surface area contributed by atoms with E-state index in [4.69, 9.17) is 16.7 Å². The van der Waals surface area contributed by atoms with Crippen LogP contribution in [0.3, 0.4) is 0 Å². The molecule has 0 aromatic heterocycles. The molecule has 1 aliphatic heterocycles. The highest BCUT2D eigenvalue weighted by Gasteiger charge is 2.26. The van der Waals surface area contributed by atoms with Crippen molar-refractivity contribution >= 4 is 23.6 Å². The fraction of sp³-hybridized carbons (Fsp3) is 0.429. The van der Waals surface area contributed by atoms with Crippen molar-refractivity contribution in [1.82, 2.24) is 10.2 Å². The molecular weight excluding hydrogens is 280 g/mol. The molecule has 2 N–H and O–H groups in total. The molecule has 0 radical (unpaired) electrons. The Labute approximate surface area is 122 Å². The number of rotatable bonds is 3. The van der Waals surface area contributed by atoms with Gasteiger partial charge >= 0.3 is 12.0 Å². The molecule has 0 atom stereocenters. The lowest BCUT2D eigenvalue weighted by molar-refractivity contribution is -0.143. The third kappa shape index (κ3) is 3.63. The molecule has 0 bridgehead atoms. The van der Waals surface area contributed by atoms with Crippen LogP contribution in [0.4, 0.5) is 4.79 Å². The van der Waals surface area contributed by atoms with Gasteiger partial charge in [-0.1, -0.05) is 29.8 Å². The van der Waals surface area contributed by atoms with Gasteiger partial charge in [0, 0.05) is 24.7 Å². The number of benzene rings is 1. The van der Waals surface area contributed by atoms with Crippen LogP contribution < -0.4 is 5.32 Å². The number of aliphatic carboxylic acids is 1. The molecule has 0 unspecified atom stereocenters. The van der Waals surface area contributed by atoms with Gasteiger partial charge in [0.1, 0.15) is 0 Å². The molecule has 1 fully saturated rings. The summed E-state index contributed by atoms with van der Waals surface area (Å²) in [5.41, 5.74) is 0.864. The minimum absolute atomic E-state index is 0.172. The van der Waals surface area contributed by atoms with E-state index in [1.165, 1.54) is 0 Å². The maximum Gasteiger partial charge on any atom is 0.317 e. The number of nitrogens with zero attached hydrogens (tertiary/aromatic N) is 1. The minimum atomic E-state index is -0.777. The predicted octanol–water partition coefficient (Wildman–Crippen LogP) is 2.35. The Morgan fingerprint density at radius 2 is 1.95 bits per heavy atom. The average Bonchev–Trinajstić information content (AvgIpc) is 2.46. The molecule has 1 aromatic rings. The summed E-state index contributed by atoms with van der Waals surface area (Å²) in [4.78, 5) is 24.5. The van der Waals surface area contributed by atoms with Crippen LogP contribution in [0.1, 0.15) is 18.4 Å². The molecule has 20 heavy (non-hydrogen) atoms. The fourth-order valence-corrected chi connectivity index (χ4v) is 2.46. The molecule has 1 aliphatic rings. The summed E-state index contributed by atoms with van der Waals surface area (Å²) in [5, 5.41) is 12.3. The van der Waals surface area contributed by atoms with Crippen molar-refractivity contribution in [2.45, 2.75) is 19.4 Å². The van der Waals surface area contributed by atoms with E-state index in [-0.39, 0.29) is 11.9 Å². The first kappa shape index (κ1) is 14.7. The molecule has 2 rings (SSSR count). The summed E-state index contributed by atoms with van der Waals surface area (Å²) in [6, 6.07) is 7.17. The van der Waals surface area contributed by atoms with Gasteiger partial charge in [-0.15, -0.1) is 0 Å². The molecule has 0 spiro atoms. The number of halogens is 1. The largest absolute Gasteiger partial charge is 0.481 e.